The topological polar surface area (TPSA) is 18.5 Å². The van der Waals surface area contributed by atoms with E-state index in [0.29, 0.717) is 6.61 Å². The van der Waals surface area contributed by atoms with Gasteiger partial charge in [-0.2, -0.15) is 8.78 Å². The van der Waals surface area contributed by atoms with Gasteiger partial charge in [-0.1, -0.05) is 0 Å². The summed E-state index contributed by atoms with van der Waals surface area (Å²) in [5.74, 6) is 0. The summed E-state index contributed by atoms with van der Waals surface area (Å²) in [6.07, 6.45) is 0. The molecule has 0 unspecified atom stereocenters. The fraction of sp³-hybridized carbons (Fsp3) is 0.750. The monoisotopic (exact) mass is 125 g/mol. The maximum atomic E-state index is 11.0. The Bertz CT molecular complexity index is 49.3. The van der Waals surface area contributed by atoms with Crippen LogP contribution in [0.25, 0.3) is 0 Å². The second-order valence-electron chi connectivity index (χ2n) is 0.981. The van der Waals surface area contributed by atoms with Gasteiger partial charge in [0, 0.05) is 6.61 Å². The Morgan fingerprint density at radius 1 is 1.50 bits per heavy atom. The molecule has 0 saturated carbocycles. The highest BCUT2D eigenvalue weighted by atomic mass is 19.3. The van der Waals surface area contributed by atoms with E-state index in [-0.39, 0.29) is 6.79 Å². The van der Waals surface area contributed by atoms with Crippen molar-refractivity contribution in [2.75, 3.05) is 13.4 Å². The summed E-state index contributed by atoms with van der Waals surface area (Å²) in [5, 5.41) is 0. The first-order valence-electron chi connectivity index (χ1n) is 2.16. The van der Waals surface area contributed by atoms with Crippen LogP contribution in [0.2, 0.25) is 0 Å². The fourth-order valence-corrected chi connectivity index (χ4v) is 0.170. The fourth-order valence-electron chi connectivity index (χ4n) is 0.170. The Labute approximate surface area is 46.4 Å². The number of hydrogen-bond donors (Lipinski definition) is 0. The molecule has 8 heavy (non-hydrogen) atoms. The Hall–Kier alpha value is -0.220. The van der Waals surface area contributed by atoms with Crippen LogP contribution >= 0.6 is 0 Å². The minimum Gasteiger partial charge on any atom is -0.355 e. The van der Waals surface area contributed by atoms with Crippen molar-refractivity contribution >= 4 is 0 Å². The number of hydrogen-bond acceptors (Lipinski definition) is 2. The molecular formula is C4H7F2O2. The molecule has 0 aromatic heterocycles. The number of halogens is 2. The van der Waals surface area contributed by atoms with E-state index in [0.717, 1.165) is 0 Å². The first-order chi connectivity index (χ1) is 3.77. The van der Waals surface area contributed by atoms with Gasteiger partial charge in [-0.05, 0) is 6.92 Å². The quantitative estimate of drug-likeness (QED) is 0.417. The van der Waals surface area contributed by atoms with Crippen molar-refractivity contribution < 1.29 is 18.3 Å². The van der Waals surface area contributed by atoms with E-state index in [1.807, 2.05) is 0 Å². The van der Waals surface area contributed by atoms with Crippen molar-refractivity contribution in [1.29, 1.82) is 0 Å². The molecule has 0 fully saturated rings. The summed E-state index contributed by atoms with van der Waals surface area (Å²) < 4.78 is 30.0. The predicted octanol–water partition coefficient (Wildman–Crippen LogP) is 1.38. The van der Waals surface area contributed by atoms with Crippen molar-refractivity contribution in [3.8, 4) is 0 Å². The molecule has 0 aliphatic heterocycles. The van der Waals surface area contributed by atoms with Gasteiger partial charge in [0.25, 0.3) is 0 Å². The highest BCUT2D eigenvalue weighted by Crippen LogP contribution is 2.02. The molecule has 4 heteroatoms. The largest absolute Gasteiger partial charge is 0.450 e. The van der Waals surface area contributed by atoms with Gasteiger partial charge in [-0.25, -0.2) is 0 Å². The normalized spacial score (nSPS) is 10.5. The Morgan fingerprint density at radius 2 is 2.12 bits per heavy atom. The van der Waals surface area contributed by atoms with Crippen LogP contribution < -0.4 is 0 Å². The van der Waals surface area contributed by atoms with Crippen LogP contribution in [0.5, 0.6) is 0 Å². The molecule has 0 spiro atoms. The van der Waals surface area contributed by atoms with E-state index in [1.54, 1.807) is 6.92 Å². The second kappa shape index (κ2) is 4.93. The molecule has 0 aromatic carbocycles. The average Bonchev–Trinajstić information content (AvgIpc) is 1.66. The maximum absolute atomic E-state index is 11.0. The van der Waals surface area contributed by atoms with Crippen molar-refractivity contribution in [2.45, 2.75) is 6.92 Å². The van der Waals surface area contributed by atoms with E-state index in [4.69, 9.17) is 0 Å². The van der Waals surface area contributed by atoms with Gasteiger partial charge in [-0.15, -0.1) is 0 Å². The lowest BCUT2D eigenvalue weighted by atomic mass is 10.9. The molecule has 0 rings (SSSR count). The van der Waals surface area contributed by atoms with E-state index < -0.39 is 6.61 Å². The van der Waals surface area contributed by atoms with Gasteiger partial charge in [0.15, 0.2) is 6.79 Å². The van der Waals surface area contributed by atoms with Crippen LogP contribution in [0.1, 0.15) is 6.92 Å². The van der Waals surface area contributed by atoms with E-state index in [9.17, 15) is 8.78 Å². The molecular weight excluding hydrogens is 118 g/mol. The predicted molar refractivity (Wildman–Crippen MR) is 23.0 cm³/mol. The minimum atomic E-state index is -2.06. The molecule has 0 amide bonds. The van der Waals surface area contributed by atoms with Gasteiger partial charge in [0.1, 0.15) is 0 Å². The summed E-state index contributed by atoms with van der Waals surface area (Å²) in [5.41, 5.74) is 0. The van der Waals surface area contributed by atoms with E-state index >= 15 is 0 Å². The molecule has 0 aliphatic rings. The molecule has 0 aliphatic carbocycles. The van der Waals surface area contributed by atoms with Crippen molar-refractivity contribution in [1.82, 2.24) is 0 Å². The van der Waals surface area contributed by atoms with Crippen molar-refractivity contribution in [3.05, 3.63) is 6.61 Å². The highest BCUT2D eigenvalue weighted by Gasteiger charge is 2.02. The zero-order valence-electron chi connectivity index (χ0n) is 4.49. The number of rotatable bonds is 4. The zero-order chi connectivity index (χ0) is 6.41. The first-order valence-corrected chi connectivity index (χ1v) is 2.16. The molecule has 0 saturated heterocycles. The lowest BCUT2D eigenvalue weighted by Gasteiger charge is -1.97. The van der Waals surface area contributed by atoms with Crippen LogP contribution in [-0.4, -0.2) is 13.4 Å². The minimum absolute atomic E-state index is 0.362. The third-order valence-electron chi connectivity index (χ3n) is 0.455. The van der Waals surface area contributed by atoms with Gasteiger partial charge in [0.2, 0.25) is 0 Å². The van der Waals surface area contributed by atoms with Crippen LogP contribution in [0, 0.1) is 6.61 Å². The van der Waals surface area contributed by atoms with E-state index in [2.05, 4.69) is 9.47 Å². The van der Waals surface area contributed by atoms with Crippen LogP contribution in [0.3, 0.4) is 0 Å². The molecule has 49 valence electrons. The standard InChI is InChI=1S/C4H7F2O2/c1-2-7-3-8-4(5)6/h2-3H2,1H3. The van der Waals surface area contributed by atoms with E-state index in [1.165, 1.54) is 0 Å². The lowest BCUT2D eigenvalue weighted by Crippen LogP contribution is -1.98. The van der Waals surface area contributed by atoms with Gasteiger partial charge >= 0.3 is 6.61 Å². The molecule has 0 atom stereocenters. The van der Waals surface area contributed by atoms with Crippen molar-refractivity contribution in [2.24, 2.45) is 0 Å². The third kappa shape index (κ3) is 5.78. The first kappa shape index (κ1) is 7.78. The summed E-state index contributed by atoms with van der Waals surface area (Å²) in [7, 11) is 0. The number of ether oxygens (including phenoxy) is 2. The summed E-state index contributed by atoms with van der Waals surface area (Å²) in [6.45, 7) is -0.343. The maximum Gasteiger partial charge on any atom is 0.450 e. The van der Waals surface area contributed by atoms with Crippen molar-refractivity contribution in [3.63, 3.8) is 0 Å². The Morgan fingerprint density at radius 3 is 2.50 bits per heavy atom. The van der Waals surface area contributed by atoms with Gasteiger partial charge in [0.05, 0.1) is 0 Å². The summed E-state index contributed by atoms with van der Waals surface area (Å²) >= 11 is 0. The molecule has 1 radical (unpaired) electrons. The van der Waals surface area contributed by atoms with Crippen LogP contribution in [0.15, 0.2) is 0 Å². The van der Waals surface area contributed by atoms with Gasteiger partial charge in [-0.3, -0.25) is 4.74 Å². The summed E-state index contributed by atoms with van der Waals surface area (Å²) in [4.78, 5) is 0. The molecule has 0 N–H and O–H groups in total. The lowest BCUT2D eigenvalue weighted by molar-refractivity contribution is -0.114. The average molecular weight is 125 g/mol. The third-order valence-corrected chi connectivity index (χ3v) is 0.455. The summed E-state index contributed by atoms with van der Waals surface area (Å²) in [6, 6.07) is 0. The zero-order valence-corrected chi connectivity index (χ0v) is 4.49. The van der Waals surface area contributed by atoms with Gasteiger partial charge < -0.3 is 4.74 Å². The van der Waals surface area contributed by atoms with Crippen LogP contribution in [0.4, 0.5) is 8.78 Å². The molecule has 0 aromatic rings. The smallest absolute Gasteiger partial charge is 0.355 e. The highest BCUT2D eigenvalue weighted by molar-refractivity contribution is 4.31. The van der Waals surface area contributed by atoms with Crippen LogP contribution in [-0.2, 0) is 9.47 Å². The second-order valence-corrected chi connectivity index (χ2v) is 0.981. The Kier molecular flexibility index (Phi) is 4.79. The molecule has 0 bridgehead atoms. The molecule has 2 nitrogen and oxygen atoms in total. The Balaban J connectivity index is 2.72. The SMILES string of the molecule is CCOCO[C](F)F. The molecule has 0 heterocycles.